The molecule has 0 aromatic carbocycles. The average molecular weight is 288 g/mol. The molecule has 1 aromatic rings. The number of pyridine rings is 1. The Kier molecular flexibility index (Phi) is 3.62. The van der Waals surface area contributed by atoms with Crippen LogP contribution in [0.5, 0.6) is 0 Å². The van der Waals surface area contributed by atoms with Gasteiger partial charge < -0.3 is 19.6 Å². The molecular weight excluding hydrogens is 279 g/mol. The van der Waals surface area contributed by atoms with E-state index in [1.165, 1.54) is 12.1 Å². The van der Waals surface area contributed by atoms with Crippen molar-refractivity contribution in [2.24, 2.45) is 0 Å². The van der Waals surface area contributed by atoms with E-state index in [0.29, 0.717) is 0 Å². The summed E-state index contributed by atoms with van der Waals surface area (Å²) in [4.78, 5) is 39.4. The Morgan fingerprint density at radius 1 is 1.12 bits per heavy atom. The fourth-order valence-corrected chi connectivity index (χ4v) is 3.35. The molecule has 4 N–H and O–H groups in total. The van der Waals surface area contributed by atoms with Crippen molar-refractivity contribution in [3.05, 3.63) is 30.1 Å². The Morgan fingerprint density at radius 3 is 1.94 bits per heavy atom. The van der Waals surface area contributed by atoms with Gasteiger partial charge in [0.15, 0.2) is 0 Å². The summed E-state index contributed by atoms with van der Waals surface area (Å²) >= 11 is 5.43. The standard InChI is InChI=1S/C6H8ClNO6P2/c7-6(15(9,10)11,16(12,13)14)5-3-1-2-4-8-5/h1-4H,(H2,9,10,11)(H2,12,13,14). The van der Waals surface area contributed by atoms with E-state index in [2.05, 4.69) is 4.98 Å². The molecule has 0 saturated heterocycles. The number of rotatable bonds is 3. The van der Waals surface area contributed by atoms with Crippen molar-refractivity contribution in [1.82, 2.24) is 4.98 Å². The number of alkyl halides is 1. The molecule has 0 radical (unpaired) electrons. The highest BCUT2D eigenvalue weighted by Crippen LogP contribution is 2.76. The Bertz CT molecular complexity index is 445. The lowest BCUT2D eigenvalue weighted by Gasteiger charge is -2.27. The van der Waals surface area contributed by atoms with Gasteiger partial charge in [0, 0.05) is 6.20 Å². The smallest absolute Gasteiger partial charge is 0.322 e. The summed E-state index contributed by atoms with van der Waals surface area (Å²) in [6.45, 7) is 0. The molecule has 1 rings (SSSR count). The van der Waals surface area contributed by atoms with Crippen LogP contribution >= 0.6 is 26.8 Å². The summed E-state index contributed by atoms with van der Waals surface area (Å²) in [5.41, 5.74) is -0.571. The van der Waals surface area contributed by atoms with Gasteiger partial charge in [-0.2, -0.15) is 0 Å². The zero-order chi connectivity index (χ0) is 12.6. The molecule has 0 aliphatic heterocycles. The van der Waals surface area contributed by atoms with Crippen molar-refractivity contribution in [2.45, 2.75) is 4.36 Å². The zero-order valence-corrected chi connectivity index (χ0v) is 10.2. The highest BCUT2D eigenvalue weighted by Gasteiger charge is 2.61. The van der Waals surface area contributed by atoms with E-state index >= 15 is 0 Å². The number of aromatic nitrogens is 1. The van der Waals surface area contributed by atoms with Crippen LogP contribution in [-0.4, -0.2) is 24.6 Å². The Balaban J connectivity index is 3.52. The SMILES string of the molecule is O=P(O)(O)C(Cl)(c1ccccn1)P(=O)(O)O. The molecule has 0 bridgehead atoms. The maximum atomic E-state index is 11.1. The summed E-state index contributed by atoms with van der Waals surface area (Å²) in [7, 11) is -10.6. The molecule has 10 heteroatoms. The first-order valence-corrected chi connectivity index (χ1v) is 7.42. The molecule has 0 saturated carbocycles. The lowest BCUT2D eigenvalue weighted by atomic mass is 10.4. The summed E-state index contributed by atoms with van der Waals surface area (Å²) in [5, 5.41) is 0. The highest BCUT2D eigenvalue weighted by atomic mass is 35.5. The third kappa shape index (κ3) is 2.21. The molecule has 0 spiro atoms. The van der Waals surface area contributed by atoms with Gasteiger partial charge >= 0.3 is 15.2 Å². The van der Waals surface area contributed by atoms with Gasteiger partial charge in [-0.1, -0.05) is 17.7 Å². The van der Waals surface area contributed by atoms with Crippen molar-refractivity contribution in [3.63, 3.8) is 0 Å². The van der Waals surface area contributed by atoms with E-state index in [1.54, 1.807) is 0 Å². The Morgan fingerprint density at radius 2 is 1.62 bits per heavy atom. The lowest BCUT2D eigenvalue weighted by Crippen LogP contribution is -2.20. The minimum Gasteiger partial charge on any atom is -0.322 e. The second kappa shape index (κ2) is 4.20. The number of nitrogens with zero attached hydrogens (tertiary/aromatic N) is 1. The van der Waals surface area contributed by atoms with Crippen LogP contribution in [0.15, 0.2) is 24.4 Å². The fourth-order valence-electron chi connectivity index (χ4n) is 1.02. The van der Waals surface area contributed by atoms with Gasteiger partial charge in [-0.25, -0.2) is 0 Å². The van der Waals surface area contributed by atoms with Crippen LogP contribution in [0.4, 0.5) is 0 Å². The molecule has 0 aliphatic carbocycles. The number of hydrogen-bond acceptors (Lipinski definition) is 3. The third-order valence-electron chi connectivity index (χ3n) is 1.76. The molecule has 1 heterocycles. The highest BCUT2D eigenvalue weighted by molar-refractivity contribution is 7.74. The monoisotopic (exact) mass is 287 g/mol. The first-order valence-electron chi connectivity index (χ1n) is 3.82. The number of halogens is 1. The van der Waals surface area contributed by atoms with E-state index in [-0.39, 0.29) is 0 Å². The van der Waals surface area contributed by atoms with Crippen molar-refractivity contribution < 1.29 is 28.7 Å². The number of hydrogen-bond donors (Lipinski definition) is 4. The largest absolute Gasteiger partial charge is 0.364 e. The van der Waals surface area contributed by atoms with Crippen molar-refractivity contribution >= 4 is 26.8 Å². The normalized spacial score (nSPS) is 13.8. The minimum atomic E-state index is -5.29. The Hall–Kier alpha value is -0.260. The van der Waals surface area contributed by atoms with Crippen LogP contribution in [-0.2, 0) is 13.5 Å². The van der Waals surface area contributed by atoms with Crippen LogP contribution in [0.3, 0.4) is 0 Å². The average Bonchev–Trinajstić information content (AvgIpc) is 2.14. The zero-order valence-electron chi connectivity index (χ0n) is 7.63. The summed E-state index contributed by atoms with van der Waals surface area (Å²) in [5.74, 6) is 0. The second-order valence-corrected chi connectivity index (χ2v) is 7.85. The molecule has 7 nitrogen and oxygen atoms in total. The van der Waals surface area contributed by atoms with Gasteiger partial charge in [0.1, 0.15) is 0 Å². The maximum absolute atomic E-state index is 11.1. The minimum absolute atomic E-state index is 0.571. The molecule has 1 aromatic heterocycles. The molecule has 0 fully saturated rings. The third-order valence-corrected chi connectivity index (χ3v) is 6.84. The van der Waals surface area contributed by atoms with Gasteiger partial charge in [0.05, 0.1) is 5.69 Å². The van der Waals surface area contributed by atoms with Gasteiger partial charge in [0.25, 0.3) is 4.36 Å². The van der Waals surface area contributed by atoms with Crippen LogP contribution < -0.4 is 0 Å². The predicted octanol–water partition coefficient (Wildman–Crippen LogP) is 0.786. The summed E-state index contributed by atoms with van der Waals surface area (Å²) < 4.78 is 19.1. The van der Waals surface area contributed by atoms with Crippen molar-refractivity contribution in [3.8, 4) is 0 Å². The molecule has 0 aliphatic rings. The molecular formula is C6H8ClNO6P2. The topological polar surface area (TPSA) is 128 Å². The van der Waals surface area contributed by atoms with E-state index in [1.807, 2.05) is 0 Å². The van der Waals surface area contributed by atoms with Gasteiger partial charge in [-0.15, -0.1) is 0 Å². The van der Waals surface area contributed by atoms with Crippen LogP contribution in [0.2, 0.25) is 0 Å². The first kappa shape index (κ1) is 13.8. The molecule has 90 valence electrons. The Labute approximate surface area is 95.4 Å². The molecule has 0 amide bonds. The predicted molar refractivity (Wildman–Crippen MR) is 55.9 cm³/mol. The van der Waals surface area contributed by atoms with Crippen molar-refractivity contribution in [1.29, 1.82) is 0 Å². The van der Waals surface area contributed by atoms with Gasteiger partial charge in [0.2, 0.25) is 0 Å². The molecule has 0 unspecified atom stereocenters. The summed E-state index contributed by atoms with van der Waals surface area (Å²) in [6.07, 6.45) is 1.12. The van der Waals surface area contributed by atoms with Crippen LogP contribution in [0.1, 0.15) is 5.69 Å². The van der Waals surface area contributed by atoms with Crippen LogP contribution in [0.25, 0.3) is 0 Å². The molecule has 0 atom stereocenters. The quantitative estimate of drug-likeness (QED) is 0.478. The maximum Gasteiger partial charge on any atom is 0.364 e. The van der Waals surface area contributed by atoms with Gasteiger partial charge in [-0.05, 0) is 12.1 Å². The molecule has 16 heavy (non-hydrogen) atoms. The van der Waals surface area contributed by atoms with E-state index in [4.69, 9.17) is 31.2 Å². The van der Waals surface area contributed by atoms with Crippen LogP contribution in [0, 0.1) is 0 Å². The van der Waals surface area contributed by atoms with E-state index < -0.39 is 25.2 Å². The van der Waals surface area contributed by atoms with E-state index in [9.17, 15) is 9.13 Å². The summed E-state index contributed by atoms with van der Waals surface area (Å²) in [6, 6.07) is 3.76. The lowest BCUT2D eigenvalue weighted by molar-refractivity contribution is 0.330. The van der Waals surface area contributed by atoms with Crippen molar-refractivity contribution in [2.75, 3.05) is 0 Å². The van der Waals surface area contributed by atoms with Gasteiger partial charge in [-0.3, -0.25) is 14.1 Å². The fraction of sp³-hybridized carbons (Fsp3) is 0.167. The van der Waals surface area contributed by atoms with E-state index in [0.717, 1.165) is 12.3 Å². The first-order chi connectivity index (χ1) is 7.11. The second-order valence-electron chi connectivity index (χ2n) is 2.89.